The normalized spacial score (nSPS) is 19.1. The standard InChI is InChI=1S/C18H26O2/c1-14-10-15(2)12-16(11-14)13-18(17(19)20)8-6-4-3-5-7-9-18/h10-12H,3-9,13H2,1-2H3,(H,19,20). The predicted molar refractivity (Wildman–Crippen MR) is 82.0 cm³/mol. The molecule has 0 unspecified atom stereocenters. The van der Waals surface area contributed by atoms with Crippen molar-refractivity contribution in [2.45, 2.75) is 65.2 Å². The molecule has 20 heavy (non-hydrogen) atoms. The topological polar surface area (TPSA) is 37.3 Å². The van der Waals surface area contributed by atoms with Crippen LogP contribution in [0.1, 0.15) is 61.6 Å². The van der Waals surface area contributed by atoms with Crippen LogP contribution in [0.5, 0.6) is 0 Å². The fourth-order valence-electron chi connectivity index (χ4n) is 3.61. The maximum atomic E-state index is 11.9. The SMILES string of the molecule is Cc1cc(C)cc(CC2(C(=O)O)CCCCCCC2)c1. The van der Waals surface area contributed by atoms with Crippen LogP contribution in [0.2, 0.25) is 0 Å². The molecule has 0 aliphatic heterocycles. The molecule has 1 fully saturated rings. The van der Waals surface area contributed by atoms with E-state index in [1.165, 1.54) is 36.0 Å². The quantitative estimate of drug-likeness (QED) is 0.870. The van der Waals surface area contributed by atoms with Gasteiger partial charge in [0.2, 0.25) is 0 Å². The molecule has 1 saturated carbocycles. The number of hydrogen-bond donors (Lipinski definition) is 1. The first-order valence-corrected chi connectivity index (χ1v) is 7.82. The molecule has 1 aliphatic rings. The molecule has 110 valence electrons. The summed E-state index contributed by atoms with van der Waals surface area (Å²) in [6.45, 7) is 4.17. The van der Waals surface area contributed by atoms with Crippen molar-refractivity contribution >= 4 is 5.97 Å². The van der Waals surface area contributed by atoms with Crippen LogP contribution in [0, 0.1) is 19.3 Å². The van der Waals surface area contributed by atoms with E-state index in [2.05, 4.69) is 32.0 Å². The molecule has 1 aromatic rings. The zero-order valence-corrected chi connectivity index (χ0v) is 12.7. The Morgan fingerprint density at radius 1 is 1.00 bits per heavy atom. The molecule has 0 atom stereocenters. The minimum Gasteiger partial charge on any atom is -0.481 e. The number of hydrogen-bond acceptors (Lipinski definition) is 1. The van der Waals surface area contributed by atoms with Crippen LogP contribution in [0.25, 0.3) is 0 Å². The lowest BCUT2D eigenvalue weighted by molar-refractivity contribution is -0.150. The Hall–Kier alpha value is -1.31. The Balaban J connectivity index is 2.25. The van der Waals surface area contributed by atoms with Gasteiger partial charge in [0.25, 0.3) is 0 Å². The van der Waals surface area contributed by atoms with Crippen LogP contribution in [-0.2, 0) is 11.2 Å². The first-order chi connectivity index (χ1) is 9.52. The van der Waals surface area contributed by atoms with Gasteiger partial charge in [0.05, 0.1) is 5.41 Å². The third-order valence-corrected chi connectivity index (χ3v) is 4.59. The molecule has 2 nitrogen and oxygen atoms in total. The minimum atomic E-state index is -0.599. The van der Waals surface area contributed by atoms with Crippen LogP contribution in [0.3, 0.4) is 0 Å². The fourth-order valence-corrected chi connectivity index (χ4v) is 3.61. The Kier molecular flexibility index (Phi) is 4.85. The minimum absolute atomic E-state index is 0.541. The highest BCUT2D eigenvalue weighted by Crippen LogP contribution is 2.38. The molecule has 0 bridgehead atoms. The van der Waals surface area contributed by atoms with Crippen molar-refractivity contribution in [2.75, 3.05) is 0 Å². The molecule has 2 heteroatoms. The molecule has 1 N–H and O–H groups in total. The molecule has 0 radical (unpaired) electrons. The number of benzene rings is 1. The zero-order chi connectivity index (χ0) is 14.6. The molecule has 0 amide bonds. The average molecular weight is 274 g/mol. The van der Waals surface area contributed by atoms with Gasteiger partial charge in [0.1, 0.15) is 0 Å². The molecule has 1 aliphatic carbocycles. The summed E-state index contributed by atoms with van der Waals surface area (Å²) in [5.74, 6) is -0.599. The summed E-state index contributed by atoms with van der Waals surface area (Å²) in [5, 5.41) is 9.81. The summed E-state index contributed by atoms with van der Waals surface area (Å²) in [6, 6.07) is 6.45. The highest BCUT2D eigenvalue weighted by Gasteiger charge is 2.38. The van der Waals surface area contributed by atoms with Gasteiger partial charge in [-0.05, 0) is 38.7 Å². The van der Waals surface area contributed by atoms with Crippen molar-refractivity contribution < 1.29 is 9.90 Å². The highest BCUT2D eigenvalue weighted by atomic mass is 16.4. The summed E-state index contributed by atoms with van der Waals surface area (Å²) in [6.07, 6.45) is 8.08. The van der Waals surface area contributed by atoms with Crippen LogP contribution in [0.4, 0.5) is 0 Å². The fraction of sp³-hybridized carbons (Fsp3) is 0.611. The van der Waals surface area contributed by atoms with Gasteiger partial charge < -0.3 is 5.11 Å². The predicted octanol–water partition coefficient (Wildman–Crippen LogP) is 4.66. The molecule has 0 aromatic heterocycles. The van der Waals surface area contributed by atoms with E-state index < -0.39 is 11.4 Å². The molecule has 2 rings (SSSR count). The van der Waals surface area contributed by atoms with Gasteiger partial charge in [-0.25, -0.2) is 0 Å². The maximum absolute atomic E-state index is 11.9. The van der Waals surface area contributed by atoms with Gasteiger partial charge in [-0.1, -0.05) is 61.4 Å². The van der Waals surface area contributed by atoms with E-state index in [1.54, 1.807) is 0 Å². The van der Waals surface area contributed by atoms with Crippen LogP contribution in [-0.4, -0.2) is 11.1 Å². The van der Waals surface area contributed by atoms with Gasteiger partial charge in [-0.3, -0.25) is 4.79 Å². The second-order valence-corrected chi connectivity index (χ2v) is 6.53. The lowest BCUT2D eigenvalue weighted by Gasteiger charge is -2.31. The third kappa shape index (κ3) is 3.62. The van der Waals surface area contributed by atoms with Crippen molar-refractivity contribution in [3.63, 3.8) is 0 Å². The molecule has 0 saturated heterocycles. The maximum Gasteiger partial charge on any atom is 0.309 e. The summed E-state index contributed by atoms with van der Waals surface area (Å²) in [7, 11) is 0. The summed E-state index contributed by atoms with van der Waals surface area (Å²) in [5.41, 5.74) is 3.10. The second kappa shape index (κ2) is 6.43. The summed E-state index contributed by atoms with van der Waals surface area (Å²) < 4.78 is 0. The molecular formula is C18H26O2. The third-order valence-electron chi connectivity index (χ3n) is 4.59. The van der Waals surface area contributed by atoms with Gasteiger partial charge >= 0.3 is 5.97 Å². The van der Waals surface area contributed by atoms with Gasteiger partial charge in [0, 0.05) is 0 Å². The Labute approximate surface area is 122 Å². The van der Waals surface area contributed by atoms with E-state index >= 15 is 0 Å². The van der Waals surface area contributed by atoms with Gasteiger partial charge in [-0.15, -0.1) is 0 Å². The number of aryl methyl sites for hydroxylation is 2. The van der Waals surface area contributed by atoms with Crippen molar-refractivity contribution in [3.8, 4) is 0 Å². The number of aliphatic carboxylic acids is 1. The van der Waals surface area contributed by atoms with E-state index in [1.807, 2.05) is 0 Å². The van der Waals surface area contributed by atoms with Crippen molar-refractivity contribution in [1.29, 1.82) is 0 Å². The largest absolute Gasteiger partial charge is 0.481 e. The zero-order valence-electron chi connectivity index (χ0n) is 12.7. The summed E-state index contributed by atoms with van der Waals surface area (Å²) >= 11 is 0. The van der Waals surface area contributed by atoms with E-state index in [0.717, 1.165) is 25.7 Å². The highest BCUT2D eigenvalue weighted by molar-refractivity contribution is 5.75. The number of carboxylic acid groups (broad SMARTS) is 1. The van der Waals surface area contributed by atoms with E-state index in [-0.39, 0.29) is 0 Å². The van der Waals surface area contributed by atoms with E-state index in [0.29, 0.717) is 6.42 Å². The van der Waals surface area contributed by atoms with Crippen molar-refractivity contribution in [1.82, 2.24) is 0 Å². The van der Waals surface area contributed by atoms with Crippen molar-refractivity contribution in [2.24, 2.45) is 5.41 Å². The molecule has 1 aromatic carbocycles. The Morgan fingerprint density at radius 3 is 2.00 bits per heavy atom. The molecular weight excluding hydrogens is 248 g/mol. The Morgan fingerprint density at radius 2 is 1.50 bits per heavy atom. The van der Waals surface area contributed by atoms with Crippen LogP contribution < -0.4 is 0 Å². The first kappa shape index (κ1) is 15.1. The smallest absolute Gasteiger partial charge is 0.309 e. The first-order valence-electron chi connectivity index (χ1n) is 7.82. The van der Waals surface area contributed by atoms with Crippen LogP contribution >= 0.6 is 0 Å². The van der Waals surface area contributed by atoms with Gasteiger partial charge in [-0.2, -0.15) is 0 Å². The lowest BCUT2D eigenvalue weighted by atomic mass is 9.72. The van der Waals surface area contributed by atoms with E-state index in [4.69, 9.17) is 0 Å². The number of carbonyl (C=O) groups is 1. The summed E-state index contributed by atoms with van der Waals surface area (Å²) in [4.78, 5) is 11.9. The van der Waals surface area contributed by atoms with Crippen molar-refractivity contribution in [3.05, 3.63) is 34.9 Å². The second-order valence-electron chi connectivity index (χ2n) is 6.53. The van der Waals surface area contributed by atoms with Crippen LogP contribution in [0.15, 0.2) is 18.2 Å². The van der Waals surface area contributed by atoms with Gasteiger partial charge in [0.15, 0.2) is 0 Å². The monoisotopic (exact) mass is 274 g/mol. The molecule has 0 heterocycles. The number of carboxylic acids is 1. The average Bonchev–Trinajstić information content (AvgIpc) is 2.31. The van der Waals surface area contributed by atoms with E-state index in [9.17, 15) is 9.90 Å². The molecule has 0 spiro atoms. The Bertz CT molecular complexity index is 448. The number of rotatable bonds is 3. The lowest BCUT2D eigenvalue weighted by Crippen LogP contribution is -2.34.